The molecule has 1 aliphatic carbocycles. The summed E-state index contributed by atoms with van der Waals surface area (Å²) in [6, 6.07) is 9.20. The second-order valence-corrected chi connectivity index (χ2v) is 7.75. The number of hydrazine groups is 1. The van der Waals surface area contributed by atoms with Crippen LogP contribution in [0.5, 0.6) is 0 Å². The van der Waals surface area contributed by atoms with Crippen molar-refractivity contribution in [1.82, 2.24) is 5.43 Å². The lowest BCUT2D eigenvalue weighted by molar-refractivity contribution is 0.390. The number of rotatable bonds is 4. The van der Waals surface area contributed by atoms with Gasteiger partial charge in [-0.05, 0) is 55.4 Å². The summed E-state index contributed by atoms with van der Waals surface area (Å²) in [4.78, 5) is 0. The Morgan fingerprint density at radius 3 is 2.68 bits per heavy atom. The van der Waals surface area contributed by atoms with Crippen molar-refractivity contribution in [1.29, 1.82) is 0 Å². The first kappa shape index (κ1) is 13.5. The average molecular weight is 276 g/mol. The number of benzene rings is 1. The second kappa shape index (κ2) is 5.47. The highest BCUT2D eigenvalue weighted by atomic mass is 32.2. The minimum Gasteiger partial charge on any atom is -0.271 e. The third kappa shape index (κ3) is 2.44. The molecule has 2 unspecified atom stereocenters. The van der Waals surface area contributed by atoms with Gasteiger partial charge in [-0.2, -0.15) is 11.8 Å². The minimum atomic E-state index is 0.245. The Balaban J connectivity index is 1.94. The summed E-state index contributed by atoms with van der Waals surface area (Å²) in [5.74, 6) is 7.96. The van der Waals surface area contributed by atoms with Crippen LogP contribution in [0.15, 0.2) is 24.3 Å². The van der Waals surface area contributed by atoms with Crippen molar-refractivity contribution < 1.29 is 0 Å². The first-order valence-electron chi connectivity index (χ1n) is 7.43. The summed E-state index contributed by atoms with van der Waals surface area (Å²) in [6.45, 7) is 2.37. The number of nitrogens with one attached hydrogen (secondary N) is 1. The van der Waals surface area contributed by atoms with E-state index >= 15 is 0 Å². The van der Waals surface area contributed by atoms with Crippen molar-refractivity contribution in [2.24, 2.45) is 5.84 Å². The van der Waals surface area contributed by atoms with E-state index in [-0.39, 0.29) is 10.8 Å². The molecule has 3 rings (SSSR count). The second-order valence-electron chi connectivity index (χ2n) is 6.12. The maximum Gasteiger partial charge on any atom is 0.0606 e. The van der Waals surface area contributed by atoms with Gasteiger partial charge in [0.25, 0.3) is 0 Å². The van der Waals surface area contributed by atoms with Crippen LogP contribution in [0.3, 0.4) is 0 Å². The summed E-state index contributed by atoms with van der Waals surface area (Å²) in [5, 5.41) is 0. The first-order chi connectivity index (χ1) is 9.24. The van der Waals surface area contributed by atoms with Crippen molar-refractivity contribution in [3.8, 4) is 0 Å². The fourth-order valence-corrected chi connectivity index (χ4v) is 4.89. The van der Waals surface area contributed by atoms with Gasteiger partial charge in [0.05, 0.1) is 6.04 Å². The molecule has 3 heteroatoms. The molecule has 0 aromatic heterocycles. The molecule has 1 saturated heterocycles. The third-order valence-corrected chi connectivity index (χ3v) is 6.47. The van der Waals surface area contributed by atoms with E-state index in [1.807, 2.05) is 0 Å². The van der Waals surface area contributed by atoms with Gasteiger partial charge in [0.2, 0.25) is 0 Å². The van der Waals surface area contributed by atoms with E-state index in [1.54, 1.807) is 0 Å². The van der Waals surface area contributed by atoms with Crippen LogP contribution in [-0.2, 0) is 0 Å². The molecule has 2 atom stereocenters. The largest absolute Gasteiger partial charge is 0.271 e. The Morgan fingerprint density at radius 2 is 2.11 bits per heavy atom. The van der Waals surface area contributed by atoms with Gasteiger partial charge in [0.1, 0.15) is 0 Å². The van der Waals surface area contributed by atoms with Crippen molar-refractivity contribution in [2.75, 3.05) is 5.75 Å². The van der Waals surface area contributed by atoms with Crippen LogP contribution in [0.25, 0.3) is 0 Å². The molecule has 1 aliphatic heterocycles. The Bertz CT molecular complexity index is 436. The summed E-state index contributed by atoms with van der Waals surface area (Å²) in [6.07, 6.45) is 6.64. The van der Waals surface area contributed by atoms with Crippen LogP contribution in [0, 0.1) is 0 Å². The fourth-order valence-electron chi connectivity index (χ4n) is 3.49. The van der Waals surface area contributed by atoms with Crippen LogP contribution >= 0.6 is 11.8 Å². The molecular weight excluding hydrogens is 252 g/mol. The highest BCUT2D eigenvalue weighted by Gasteiger charge is 2.40. The Labute approximate surface area is 120 Å². The van der Waals surface area contributed by atoms with Crippen molar-refractivity contribution in [3.63, 3.8) is 0 Å². The predicted octanol–water partition coefficient (Wildman–Crippen LogP) is 3.74. The van der Waals surface area contributed by atoms with E-state index in [4.69, 9.17) is 5.84 Å². The zero-order valence-electron chi connectivity index (χ0n) is 11.7. The molecule has 1 saturated carbocycles. The van der Waals surface area contributed by atoms with Gasteiger partial charge in [-0.3, -0.25) is 11.3 Å². The smallest absolute Gasteiger partial charge is 0.0606 e. The highest BCUT2D eigenvalue weighted by Crippen LogP contribution is 2.49. The predicted molar refractivity (Wildman–Crippen MR) is 83.2 cm³/mol. The molecule has 19 heavy (non-hydrogen) atoms. The topological polar surface area (TPSA) is 38.0 Å². The van der Waals surface area contributed by atoms with Gasteiger partial charge in [-0.15, -0.1) is 0 Å². The first-order valence-corrected chi connectivity index (χ1v) is 8.42. The molecule has 2 nitrogen and oxygen atoms in total. The molecule has 0 bridgehead atoms. The monoisotopic (exact) mass is 276 g/mol. The normalized spacial score (nSPS) is 29.2. The van der Waals surface area contributed by atoms with Crippen molar-refractivity contribution in [3.05, 3.63) is 35.4 Å². The molecular formula is C16H24N2S. The highest BCUT2D eigenvalue weighted by molar-refractivity contribution is 8.00. The molecule has 1 aromatic carbocycles. The minimum absolute atomic E-state index is 0.245. The van der Waals surface area contributed by atoms with E-state index in [9.17, 15) is 0 Å². The maximum atomic E-state index is 5.93. The van der Waals surface area contributed by atoms with Gasteiger partial charge in [0.15, 0.2) is 0 Å². The zero-order valence-corrected chi connectivity index (χ0v) is 12.5. The van der Waals surface area contributed by atoms with Crippen LogP contribution in [0.2, 0.25) is 0 Å². The fraction of sp³-hybridized carbons (Fsp3) is 0.625. The molecule has 2 aliphatic rings. The number of hydrogen-bond donors (Lipinski definition) is 2. The summed E-state index contributed by atoms with van der Waals surface area (Å²) >= 11 is 2.08. The van der Waals surface area contributed by atoms with Crippen LogP contribution in [0.4, 0.5) is 0 Å². The number of nitrogens with two attached hydrogens (primary N) is 1. The Hall–Kier alpha value is -0.510. The van der Waals surface area contributed by atoms with E-state index in [2.05, 4.69) is 48.4 Å². The average Bonchev–Trinajstić information content (AvgIpc) is 2.78. The SMILES string of the molecule is CC1(C(NN)c2ccccc2C2CCC2)CCCS1. The molecule has 0 amide bonds. The van der Waals surface area contributed by atoms with Gasteiger partial charge in [0, 0.05) is 4.75 Å². The standard InChI is InChI=1S/C16H24N2S/c1-16(10-5-11-19-16)15(18-17)14-9-3-2-8-13(14)12-6-4-7-12/h2-3,8-9,12,15,18H,4-7,10-11,17H2,1H3. The molecule has 1 aromatic rings. The summed E-state index contributed by atoms with van der Waals surface area (Å²) in [5.41, 5.74) is 6.09. The van der Waals surface area contributed by atoms with Crippen molar-refractivity contribution in [2.45, 2.75) is 55.7 Å². The zero-order chi connectivity index (χ0) is 13.3. The van der Waals surface area contributed by atoms with Crippen molar-refractivity contribution >= 4 is 11.8 Å². The number of hydrogen-bond acceptors (Lipinski definition) is 3. The number of thioether (sulfide) groups is 1. The van der Waals surface area contributed by atoms with Crippen LogP contribution in [-0.4, -0.2) is 10.5 Å². The van der Waals surface area contributed by atoms with E-state index < -0.39 is 0 Å². The Morgan fingerprint density at radius 1 is 1.32 bits per heavy atom. The molecule has 0 radical (unpaired) electrons. The third-order valence-electron chi connectivity index (χ3n) is 4.88. The van der Waals surface area contributed by atoms with Gasteiger partial charge in [-0.25, -0.2) is 0 Å². The van der Waals surface area contributed by atoms with E-state index in [0.29, 0.717) is 0 Å². The summed E-state index contributed by atoms with van der Waals surface area (Å²) < 4.78 is 0.245. The van der Waals surface area contributed by atoms with Gasteiger partial charge >= 0.3 is 0 Å². The lowest BCUT2D eigenvalue weighted by Gasteiger charge is -2.37. The lowest BCUT2D eigenvalue weighted by atomic mass is 9.75. The van der Waals surface area contributed by atoms with Gasteiger partial charge in [-0.1, -0.05) is 30.7 Å². The lowest BCUT2D eigenvalue weighted by Crippen LogP contribution is -2.42. The molecule has 2 fully saturated rings. The van der Waals surface area contributed by atoms with E-state index in [1.165, 1.54) is 49.0 Å². The van der Waals surface area contributed by atoms with Crippen LogP contribution < -0.4 is 11.3 Å². The molecule has 104 valence electrons. The molecule has 1 heterocycles. The quantitative estimate of drug-likeness (QED) is 0.650. The van der Waals surface area contributed by atoms with E-state index in [0.717, 1.165) is 5.92 Å². The Kier molecular flexibility index (Phi) is 3.88. The molecule has 0 spiro atoms. The maximum absolute atomic E-state index is 5.93. The van der Waals surface area contributed by atoms with Gasteiger partial charge < -0.3 is 0 Å². The molecule has 3 N–H and O–H groups in total. The summed E-state index contributed by atoms with van der Waals surface area (Å²) in [7, 11) is 0. The van der Waals surface area contributed by atoms with Crippen LogP contribution in [0.1, 0.15) is 62.1 Å².